The van der Waals surface area contributed by atoms with Crippen molar-refractivity contribution in [3.05, 3.63) is 53.5 Å². The number of nitrogens with zero attached hydrogens (tertiary/aromatic N) is 4. The molecule has 1 N–H and O–H groups in total. The van der Waals surface area contributed by atoms with E-state index < -0.39 is 0 Å². The average molecular weight is 396 g/mol. The van der Waals surface area contributed by atoms with Gasteiger partial charge in [-0.05, 0) is 39.3 Å². The van der Waals surface area contributed by atoms with Gasteiger partial charge in [-0.1, -0.05) is 36.9 Å². The topological polar surface area (TPSA) is 72.2 Å². The van der Waals surface area contributed by atoms with E-state index in [1.54, 1.807) is 6.21 Å². The summed E-state index contributed by atoms with van der Waals surface area (Å²) in [5.74, 6) is 0.0316. The number of para-hydroxylation sites is 1. The van der Waals surface area contributed by atoms with Gasteiger partial charge in [-0.15, -0.1) is 0 Å². The number of nitrogens with one attached hydrogen (secondary N) is 1. The molecule has 3 rings (SSSR count). The SMILES string of the molecule is CC[C@@H](C)n1cc(/C=N\NC(=O)CSc2nc(C)cc(C)n2)c2ccccc21. The fourth-order valence-corrected chi connectivity index (χ4v) is 3.73. The highest BCUT2D eigenvalue weighted by Gasteiger charge is 2.10. The molecule has 0 spiro atoms. The Labute approximate surface area is 169 Å². The van der Waals surface area contributed by atoms with Gasteiger partial charge in [0.25, 0.3) is 5.91 Å². The number of benzene rings is 1. The standard InChI is InChI=1S/C21H25N5OS/c1-5-16(4)26-12-17(18-8-6-7-9-19(18)26)11-22-25-20(27)13-28-21-23-14(2)10-15(3)24-21/h6-12,16H,5,13H2,1-4H3,(H,25,27)/b22-11-/t16-/m1/s1. The molecular weight excluding hydrogens is 370 g/mol. The summed E-state index contributed by atoms with van der Waals surface area (Å²) in [4.78, 5) is 20.7. The zero-order valence-corrected chi connectivity index (χ0v) is 17.5. The minimum Gasteiger partial charge on any atom is -0.344 e. The van der Waals surface area contributed by atoms with Crippen LogP contribution in [0.4, 0.5) is 0 Å². The second-order valence-corrected chi connectivity index (χ2v) is 7.72. The van der Waals surface area contributed by atoms with Crippen LogP contribution in [0.5, 0.6) is 0 Å². The van der Waals surface area contributed by atoms with Gasteiger partial charge < -0.3 is 4.57 Å². The fourth-order valence-electron chi connectivity index (χ4n) is 2.99. The van der Waals surface area contributed by atoms with Gasteiger partial charge in [-0.3, -0.25) is 4.79 Å². The Morgan fingerprint density at radius 1 is 1.29 bits per heavy atom. The van der Waals surface area contributed by atoms with Gasteiger partial charge in [-0.25, -0.2) is 15.4 Å². The first-order valence-electron chi connectivity index (χ1n) is 9.34. The van der Waals surface area contributed by atoms with Crippen LogP contribution >= 0.6 is 11.8 Å². The molecule has 1 amide bonds. The molecule has 0 radical (unpaired) electrons. The number of carbonyl (C=O) groups is 1. The molecule has 0 aliphatic rings. The van der Waals surface area contributed by atoms with E-state index in [1.165, 1.54) is 17.3 Å². The van der Waals surface area contributed by atoms with Gasteiger partial charge >= 0.3 is 0 Å². The summed E-state index contributed by atoms with van der Waals surface area (Å²) in [5.41, 5.74) is 6.54. The lowest BCUT2D eigenvalue weighted by molar-refractivity contribution is -0.118. The van der Waals surface area contributed by atoms with Crippen LogP contribution in [0.1, 0.15) is 43.3 Å². The number of hydrogen-bond acceptors (Lipinski definition) is 5. The molecule has 0 aliphatic heterocycles. The van der Waals surface area contributed by atoms with E-state index in [1.807, 2.05) is 32.0 Å². The van der Waals surface area contributed by atoms with Gasteiger partial charge in [0.15, 0.2) is 5.16 Å². The zero-order valence-electron chi connectivity index (χ0n) is 16.6. The number of fused-ring (bicyclic) bond motifs is 1. The fraction of sp³-hybridized carbons (Fsp3) is 0.333. The molecule has 6 nitrogen and oxygen atoms in total. The quantitative estimate of drug-likeness (QED) is 0.281. The number of aromatic nitrogens is 3. The monoisotopic (exact) mass is 395 g/mol. The molecule has 146 valence electrons. The molecule has 2 heterocycles. The summed E-state index contributed by atoms with van der Waals surface area (Å²) < 4.78 is 2.26. The Morgan fingerprint density at radius 2 is 2.00 bits per heavy atom. The summed E-state index contributed by atoms with van der Waals surface area (Å²) >= 11 is 1.30. The van der Waals surface area contributed by atoms with E-state index in [-0.39, 0.29) is 11.7 Å². The van der Waals surface area contributed by atoms with Crippen molar-refractivity contribution >= 4 is 34.8 Å². The maximum absolute atomic E-state index is 12.1. The van der Waals surface area contributed by atoms with Gasteiger partial charge in [0.05, 0.1) is 12.0 Å². The smallest absolute Gasteiger partial charge is 0.250 e. The Balaban J connectivity index is 1.65. The normalized spacial score (nSPS) is 12.6. The first-order valence-corrected chi connectivity index (χ1v) is 10.3. The third-order valence-corrected chi connectivity index (χ3v) is 5.37. The van der Waals surface area contributed by atoms with Crippen LogP contribution in [0.2, 0.25) is 0 Å². The lowest BCUT2D eigenvalue weighted by atomic mass is 10.2. The van der Waals surface area contributed by atoms with E-state index in [2.05, 4.69) is 57.2 Å². The van der Waals surface area contributed by atoms with E-state index in [9.17, 15) is 4.79 Å². The van der Waals surface area contributed by atoms with Crippen LogP contribution in [0, 0.1) is 13.8 Å². The zero-order chi connectivity index (χ0) is 20.1. The molecule has 0 saturated carbocycles. The van der Waals surface area contributed by atoms with Crippen molar-refractivity contribution in [2.75, 3.05) is 5.75 Å². The molecule has 1 atom stereocenters. The molecule has 0 saturated heterocycles. The van der Waals surface area contributed by atoms with E-state index in [0.717, 1.165) is 28.8 Å². The maximum atomic E-state index is 12.1. The van der Waals surface area contributed by atoms with Crippen LogP contribution < -0.4 is 5.43 Å². The minimum atomic E-state index is -0.185. The predicted molar refractivity (Wildman–Crippen MR) is 115 cm³/mol. The lowest BCUT2D eigenvalue weighted by Crippen LogP contribution is -2.19. The second-order valence-electron chi connectivity index (χ2n) is 6.78. The van der Waals surface area contributed by atoms with Crippen molar-refractivity contribution in [1.29, 1.82) is 0 Å². The van der Waals surface area contributed by atoms with Crippen LogP contribution in [0.15, 0.2) is 46.8 Å². The number of carbonyl (C=O) groups excluding carboxylic acids is 1. The van der Waals surface area contributed by atoms with Crippen LogP contribution in [-0.2, 0) is 4.79 Å². The molecule has 0 bridgehead atoms. The largest absolute Gasteiger partial charge is 0.344 e. The predicted octanol–water partition coefficient (Wildman–Crippen LogP) is 4.26. The van der Waals surface area contributed by atoms with Crippen molar-refractivity contribution in [1.82, 2.24) is 20.0 Å². The summed E-state index contributed by atoms with van der Waals surface area (Å²) in [6.07, 6.45) is 4.84. The van der Waals surface area contributed by atoms with Crippen molar-refractivity contribution in [3.8, 4) is 0 Å². The second kappa shape index (κ2) is 9.01. The van der Waals surface area contributed by atoms with Gasteiger partial charge in [0.1, 0.15) is 0 Å². The first-order chi connectivity index (χ1) is 13.5. The number of amides is 1. The summed E-state index contributed by atoms with van der Waals surface area (Å²) in [6.45, 7) is 8.20. The van der Waals surface area contributed by atoms with Crippen molar-refractivity contribution in [2.24, 2.45) is 5.10 Å². The van der Waals surface area contributed by atoms with E-state index in [4.69, 9.17) is 0 Å². The first kappa shape index (κ1) is 20.1. The van der Waals surface area contributed by atoms with Crippen LogP contribution in [-0.4, -0.2) is 32.4 Å². The molecular formula is C21H25N5OS. The molecule has 1 aromatic carbocycles. The summed E-state index contributed by atoms with van der Waals surface area (Å²) in [7, 11) is 0. The molecule has 0 aliphatic carbocycles. The molecule has 3 aromatic rings. The third-order valence-electron chi connectivity index (χ3n) is 4.52. The Kier molecular flexibility index (Phi) is 6.46. The van der Waals surface area contributed by atoms with Gasteiger partial charge in [0.2, 0.25) is 0 Å². The Hall–Kier alpha value is -2.67. The molecule has 0 fully saturated rings. The summed E-state index contributed by atoms with van der Waals surface area (Å²) in [5, 5.41) is 5.87. The number of thioether (sulfide) groups is 1. The Morgan fingerprint density at radius 3 is 2.71 bits per heavy atom. The number of hydrogen-bond donors (Lipinski definition) is 1. The van der Waals surface area contributed by atoms with E-state index in [0.29, 0.717) is 11.2 Å². The van der Waals surface area contributed by atoms with Gasteiger partial charge in [0, 0.05) is 40.1 Å². The highest BCUT2D eigenvalue weighted by Crippen LogP contribution is 2.24. The number of rotatable bonds is 7. The minimum absolute atomic E-state index is 0.185. The van der Waals surface area contributed by atoms with E-state index >= 15 is 0 Å². The number of aryl methyl sites for hydroxylation is 2. The van der Waals surface area contributed by atoms with Gasteiger partial charge in [-0.2, -0.15) is 5.10 Å². The molecule has 0 unspecified atom stereocenters. The van der Waals surface area contributed by atoms with Crippen molar-refractivity contribution in [2.45, 2.75) is 45.3 Å². The lowest BCUT2D eigenvalue weighted by Gasteiger charge is -2.12. The highest BCUT2D eigenvalue weighted by molar-refractivity contribution is 7.99. The highest BCUT2D eigenvalue weighted by atomic mass is 32.2. The molecule has 28 heavy (non-hydrogen) atoms. The third kappa shape index (κ3) is 4.78. The Bertz CT molecular complexity index is 991. The molecule has 2 aromatic heterocycles. The number of hydrazone groups is 1. The van der Waals surface area contributed by atoms with Crippen molar-refractivity contribution < 1.29 is 4.79 Å². The average Bonchev–Trinajstić information content (AvgIpc) is 3.04. The molecule has 7 heteroatoms. The van der Waals surface area contributed by atoms with Crippen LogP contribution in [0.25, 0.3) is 10.9 Å². The summed E-state index contributed by atoms with van der Waals surface area (Å²) in [6, 6.07) is 10.5. The van der Waals surface area contributed by atoms with Crippen LogP contribution in [0.3, 0.4) is 0 Å². The van der Waals surface area contributed by atoms with Crippen molar-refractivity contribution in [3.63, 3.8) is 0 Å². The maximum Gasteiger partial charge on any atom is 0.250 e.